The third-order valence-electron chi connectivity index (χ3n) is 4.59. The summed E-state index contributed by atoms with van der Waals surface area (Å²) in [5.74, 6) is 0.989. The van der Waals surface area contributed by atoms with Gasteiger partial charge in [0.1, 0.15) is 0 Å². The molecule has 0 aromatic heterocycles. The second-order valence-electron chi connectivity index (χ2n) is 5.47. The van der Waals surface area contributed by atoms with Gasteiger partial charge in [-0.2, -0.15) is 0 Å². The van der Waals surface area contributed by atoms with Gasteiger partial charge in [0, 0.05) is 0 Å². The average molecular weight is 216 g/mol. The zero-order valence-electron chi connectivity index (χ0n) is 9.82. The van der Waals surface area contributed by atoms with Gasteiger partial charge in [-0.1, -0.05) is 36.8 Å². The Morgan fingerprint density at radius 2 is 2.00 bits per heavy atom. The molecule has 3 rings (SSSR count). The molecule has 2 aliphatic carbocycles. The lowest BCUT2D eigenvalue weighted by molar-refractivity contribution is -0.0443. The van der Waals surface area contributed by atoms with Crippen LogP contribution in [-0.2, 0) is 11.3 Å². The van der Waals surface area contributed by atoms with Crippen molar-refractivity contribution in [1.82, 2.24) is 0 Å². The molecule has 0 radical (unpaired) electrons. The highest BCUT2D eigenvalue weighted by Gasteiger charge is 2.49. The van der Waals surface area contributed by atoms with E-state index in [4.69, 9.17) is 4.74 Å². The second-order valence-corrected chi connectivity index (χ2v) is 5.47. The molecule has 0 amide bonds. The molecule has 1 nitrogen and oxygen atoms in total. The smallest absolute Gasteiger partial charge is 0.0717 e. The van der Waals surface area contributed by atoms with Crippen molar-refractivity contribution < 1.29 is 4.74 Å². The van der Waals surface area contributed by atoms with Crippen molar-refractivity contribution in [2.45, 2.75) is 38.7 Å². The fourth-order valence-electron chi connectivity index (χ4n) is 3.45. The summed E-state index contributed by atoms with van der Waals surface area (Å²) in [5.41, 5.74) is 1.89. The van der Waals surface area contributed by atoms with E-state index in [0.29, 0.717) is 5.41 Å². The van der Waals surface area contributed by atoms with Crippen molar-refractivity contribution >= 4 is 0 Å². The van der Waals surface area contributed by atoms with Crippen molar-refractivity contribution in [3.8, 4) is 0 Å². The lowest BCUT2D eigenvalue weighted by Gasteiger charge is -2.45. The van der Waals surface area contributed by atoms with Crippen LogP contribution in [0.3, 0.4) is 0 Å². The van der Waals surface area contributed by atoms with Crippen LogP contribution in [0.2, 0.25) is 0 Å². The molecule has 1 aromatic rings. The summed E-state index contributed by atoms with van der Waals surface area (Å²) in [4.78, 5) is 0. The summed E-state index contributed by atoms with van der Waals surface area (Å²) in [6.45, 7) is 1.78. The first kappa shape index (κ1) is 10.3. The number of hydrogen-bond donors (Lipinski definition) is 0. The minimum atomic E-state index is 0.592. The van der Waals surface area contributed by atoms with E-state index in [9.17, 15) is 0 Å². The van der Waals surface area contributed by atoms with Gasteiger partial charge >= 0.3 is 0 Å². The highest BCUT2D eigenvalue weighted by atomic mass is 16.5. The summed E-state index contributed by atoms with van der Waals surface area (Å²) in [6.07, 6.45) is 7.15. The quantitative estimate of drug-likeness (QED) is 0.744. The fourth-order valence-corrected chi connectivity index (χ4v) is 3.45. The Hall–Kier alpha value is -0.820. The largest absolute Gasteiger partial charge is 0.376 e. The van der Waals surface area contributed by atoms with E-state index in [1.165, 1.54) is 37.7 Å². The standard InChI is InChI=1S/C15H20O/c1-2-5-13(6-3-1)11-16-12-15-9-4-7-14(15)8-10-15/h1-3,5-6,14H,4,7-12H2/t14-,15+/m0/s1. The molecule has 86 valence electrons. The van der Waals surface area contributed by atoms with E-state index in [2.05, 4.69) is 30.3 Å². The molecule has 2 saturated carbocycles. The van der Waals surface area contributed by atoms with Gasteiger partial charge in [0.2, 0.25) is 0 Å². The van der Waals surface area contributed by atoms with E-state index in [-0.39, 0.29) is 0 Å². The Morgan fingerprint density at radius 1 is 1.12 bits per heavy atom. The fraction of sp³-hybridized carbons (Fsp3) is 0.600. The molecular formula is C15H20O. The van der Waals surface area contributed by atoms with Gasteiger partial charge in [0.15, 0.2) is 0 Å². The molecule has 0 N–H and O–H groups in total. The van der Waals surface area contributed by atoms with Crippen LogP contribution in [0, 0.1) is 11.3 Å². The highest BCUT2D eigenvalue weighted by molar-refractivity contribution is 5.13. The van der Waals surface area contributed by atoms with Crippen molar-refractivity contribution in [1.29, 1.82) is 0 Å². The summed E-state index contributed by atoms with van der Waals surface area (Å²) >= 11 is 0. The molecule has 0 unspecified atom stereocenters. The van der Waals surface area contributed by atoms with Gasteiger partial charge in [0.05, 0.1) is 13.2 Å². The first-order valence-corrected chi connectivity index (χ1v) is 6.51. The number of rotatable bonds is 4. The number of hydrogen-bond acceptors (Lipinski definition) is 1. The summed E-state index contributed by atoms with van der Waals surface area (Å²) in [5, 5.41) is 0. The van der Waals surface area contributed by atoms with Crippen LogP contribution in [0.1, 0.15) is 37.7 Å². The lowest BCUT2D eigenvalue weighted by atomic mass is 9.62. The van der Waals surface area contributed by atoms with Gasteiger partial charge < -0.3 is 4.74 Å². The van der Waals surface area contributed by atoms with E-state index in [1.807, 2.05) is 0 Å². The SMILES string of the molecule is c1ccc(COC[C@]23CCC[C@H]2CC3)cc1. The Bertz CT molecular complexity index is 346. The summed E-state index contributed by atoms with van der Waals surface area (Å²) in [7, 11) is 0. The number of fused-ring (bicyclic) bond motifs is 1. The minimum Gasteiger partial charge on any atom is -0.376 e. The third kappa shape index (κ3) is 1.78. The zero-order valence-corrected chi connectivity index (χ0v) is 9.82. The van der Waals surface area contributed by atoms with Crippen molar-refractivity contribution in [3.63, 3.8) is 0 Å². The van der Waals surface area contributed by atoms with E-state index in [1.54, 1.807) is 0 Å². The molecular weight excluding hydrogens is 196 g/mol. The summed E-state index contributed by atoms with van der Waals surface area (Å²) < 4.78 is 5.93. The molecule has 1 heteroatoms. The third-order valence-corrected chi connectivity index (χ3v) is 4.59. The van der Waals surface area contributed by atoms with Gasteiger partial charge in [-0.3, -0.25) is 0 Å². The maximum absolute atomic E-state index is 5.93. The first-order valence-electron chi connectivity index (χ1n) is 6.51. The van der Waals surface area contributed by atoms with E-state index >= 15 is 0 Å². The van der Waals surface area contributed by atoms with Crippen molar-refractivity contribution in [2.24, 2.45) is 11.3 Å². The van der Waals surface area contributed by atoms with Gasteiger partial charge in [-0.15, -0.1) is 0 Å². The second kappa shape index (κ2) is 4.21. The Labute approximate surface area is 97.8 Å². The molecule has 0 bridgehead atoms. The van der Waals surface area contributed by atoms with E-state index in [0.717, 1.165) is 19.1 Å². The molecule has 2 atom stereocenters. The van der Waals surface area contributed by atoms with Crippen LogP contribution in [-0.4, -0.2) is 6.61 Å². The molecule has 0 saturated heterocycles. The van der Waals surface area contributed by atoms with Crippen LogP contribution in [0.15, 0.2) is 30.3 Å². The lowest BCUT2D eigenvalue weighted by Crippen LogP contribution is -2.39. The highest BCUT2D eigenvalue weighted by Crippen LogP contribution is 2.57. The molecule has 0 aliphatic heterocycles. The topological polar surface area (TPSA) is 9.23 Å². The van der Waals surface area contributed by atoms with Gasteiger partial charge in [-0.05, 0) is 42.6 Å². The predicted molar refractivity (Wildman–Crippen MR) is 65.1 cm³/mol. The van der Waals surface area contributed by atoms with Crippen LogP contribution >= 0.6 is 0 Å². The van der Waals surface area contributed by atoms with Gasteiger partial charge in [0.25, 0.3) is 0 Å². The summed E-state index contributed by atoms with van der Waals surface area (Å²) in [6, 6.07) is 10.5. The predicted octanol–water partition coefficient (Wildman–Crippen LogP) is 3.78. The Kier molecular flexibility index (Phi) is 2.72. The minimum absolute atomic E-state index is 0.592. The Balaban J connectivity index is 1.50. The monoisotopic (exact) mass is 216 g/mol. The van der Waals surface area contributed by atoms with Crippen LogP contribution in [0.25, 0.3) is 0 Å². The molecule has 0 spiro atoms. The van der Waals surface area contributed by atoms with Crippen LogP contribution in [0.5, 0.6) is 0 Å². The van der Waals surface area contributed by atoms with Gasteiger partial charge in [-0.25, -0.2) is 0 Å². The molecule has 2 fully saturated rings. The maximum Gasteiger partial charge on any atom is 0.0717 e. The zero-order chi connectivity index (χ0) is 10.8. The molecule has 16 heavy (non-hydrogen) atoms. The first-order chi connectivity index (χ1) is 7.89. The van der Waals surface area contributed by atoms with E-state index < -0.39 is 0 Å². The number of benzene rings is 1. The molecule has 0 heterocycles. The van der Waals surface area contributed by atoms with Crippen LogP contribution < -0.4 is 0 Å². The Morgan fingerprint density at radius 3 is 2.69 bits per heavy atom. The van der Waals surface area contributed by atoms with Crippen molar-refractivity contribution in [2.75, 3.05) is 6.61 Å². The molecule has 2 aliphatic rings. The molecule has 1 aromatic carbocycles. The normalized spacial score (nSPS) is 32.1. The average Bonchev–Trinajstić information content (AvgIpc) is 2.58. The maximum atomic E-state index is 5.93. The van der Waals surface area contributed by atoms with Crippen LogP contribution in [0.4, 0.5) is 0 Å². The number of ether oxygens (including phenoxy) is 1. The van der Waals surface area contributed by atoms with Crippen molar-refractivity contribution in [3.05, 3.63) is 35.9 Å².